The Balaban J connectivity index is 4.05. The third-order valence-corrected chi connectivity index (χ3v) is 3.54. The summed E-state index contributed by atoms with van der Waals surface area (Å²) >= 11 is 0. The van der Waals surface area contributed by atoms with Crippen LogP contribution in [0.3, 0.4) is 0 Å². The van der Waals surface area contributed by atoms with Crippen molar-refractivity contribution >= 4 is 10.0 Å². The first kappa shape index (κ1) is 12.9. The standard InChI is InChI=1S/C8H20N2O2S/c1-8(6-7-9(2)3)10(4)13(5,11)12/h8H,6-7H2,1-5H3. The molecule has 0 N–H and O–H groups in total. The molecular formula is C8H20N2O2S. The van der Waals surface area contributed by atoms with E-state index in [0.717, 1.165) is 13.0 Å². The van der Waals surface area contributed by atoms with E-state index in [1.165, 1.54) is 10.6 Å². The van der Waals surface area contributed by atoms with E-state index in [1.807, 2.05) is 25.9 Å². The zero-order valence-corrected chi connectivity index (χ0v) is 9.93. The maximum Gasteiger partial charge on any atom is 0.211 e. The summed E-state index contributed by atoms with van der Waals surface area (Å²) in [6.45, 7) is 2.82. The van der Waals surface area contributed by atoms with Crippen LogP contribution in [0.1, 0.15) is 13.3 Å². The molecule has 0 heterocycles. The number of rotatable bonds is 5. The van der Waals surface area contributed by atoms with Gasteiger partial charge < -0.3 is 4.90 Å². The topological polar surface area (TPSA) is 40.6 Å². The highest BCUT2D eigenvalue weighted by molar-refractivity contribution is 7.88. The second-order valence-electron chi connectivity index (χ2n) is 3.72. The molecule has 0 fully saturated rings. The van der Waals surface area contributed by atoms with Crippen LogP contribution in [0.25, 0.3) is 0 Å². The van der Waals surface area contributed by atoms with Crippen molar-refractivity contribution in [2.24, 2.45) is 0 Å². The van der Waals surface area contributed by atoms with E-state index in [-0.39, 0.29) is 6.04 Å². The molecule has 1 atom stereocenters. The van der Waals surface area contributed by atoms with Crippen molar-refractivity contribution in [1.82, 2.24) is 9.21 Å². The molecule has 0 radical (unpaired) electrons. The Morgan fingerprint density at radius 3 is 2.00 bits per heavy atom. The molecule has 0 bridgehead atoms. The molecule has 0 rings (SSSR count). The van der Waals surface area contributed by atoms with Crippen LogP contribution in [-0.4, -0.2) is 57.6 Å². The fourth-order valence-corrected chi connectivity index (χ4v) is 1.71. The van der Waals surface area contributed by atoms with Crippen molar-refractivity contribution in [3.05, 3.63) is 0 Å². The first-order chi connectivity index (χ1) is 5.75. The molecule has 13 heavy (non-hydrogen) atoms. The summed E-state index contributed by atoms with van der Waals surface area (Å²) < 4.78 is 23.7. The quantitative estimate of drug-likeness (QED) is 0.649. The lowest BCUT2D eigenvalue weighted by molar-refractivity contribution is 0.317. The van der Waals surface area contributed by atoms with Gasteiger partial charge in [-0.05, 0) is 34.0 Å². The summed E-state index contributed by atoms with van der Waals surface area (Å²) in [5.41, 5.74) is 0. The minimum atomic E-state index is -3.04. The van der Waals surface area contributed by atoms with Crippen molar-refractivity contribution in [2.45, 2.75) is 19.4 Å². The number of nitrogens with zero attached hydrogens (tertiary/aromatic N) is 2. The summed E-state index contributed by atoms with van der Waals surface area (Å²) in [6, 6.07) is 0.0670. The van der Waals surface area contributed by atoms with Gasteiger partial charge >= 0.3 is 0 Å². The van der Waals surface area contributed by atoms with E-state index in [2.05, 4.69) is 0 Å². The zero-order chi connectivity index (χ0) is 10.6. The van der Waals surface area contributed by atoms with Gasteiger partial charge in [-0.3, -0.25) is 0 Å². The van der Waals surface area contributed by atoms with Crippen LogP contribution in [0.4, 0.5) is 0 Å². The molecule has 0 spiro atoms. The van der Waals surface area contributed by atoms with Gasteiger partial charge in [0.2, 0.25) is 10.0 Å². The summed E-state index contributed by atoms with van der Waals surface area (Å²) in [7, 11) is 2.54. The smallest absolute Gasteiger partial charge is 0.211 e. The van der Waals surface area contributed by atoms with E-state index in [9.17, 15) is 8.42 Å². The van der Waals surface area contributed by atoms with Crippen molar-refractivity contribution in [3.8, 4) is 0 Å². The summed E-state index contributed by atoms with van der Waals surface area (Å²) in [5.74, 6) is 0. The van der Waals surface area contributed by atoms with E-state index in [4.69, 9.17) is 0 Å². The van der Waals surface area contributed by atoms with E-state index >= 15 is 0 Å². The predicted molar refractivity (Wildman–Crippen MR) is 55.2 cm³/mol. The maximum atomic E-state index is 11.1. The Hall–Kier alpha value is -0.130. The van der Waals surface area contributed by atoms with E-state index in [1.54, 1.807) is 7.05 Å². The monoisotopic (exact) mass is 208 g/mol. The molecule has 0 aliphatic rings. The first-order valence-corrected chi connectivity index (χ1v) is 6.17. The third-order valence-electron chi connectivity index (χ3n) is 2.14. The van der Waals surface area contributed by atoms with Gasteiger partial charge in [0.05, 0.1) is 6.26 Å². The Labute approximate surface area is 81.6 Å². The molecule has 5 heteroatoms. The van der Waals surface area contributed by atoms with Gasteiger partial charge in [-0.1, -0.05) is 0 Å². The largest absolute Gasteiger partial charge is 0.309 e. The highest BCUT2D eigenvalue weighted by Gasteiger charge is 2.17. The Kier molecular flexibility index (Phi) is 4.88. The second-order valence-corrected chi connectivity index (χ2v) is 5.76. The molecule has 0 saturated carbocycles. The van der Waals surface area contributed by atoms with Gasteiger partial charge in [0.15, 0.2) is 0 Å². The van der Waals surface area contributed by atoms with Crippen LogP contribution in [0.15, 0.2) is 0 Å². The summed E-state index contributed by atoms with van der Waals surface area (Å²) in [4.78, 5) is 2.05. The number of hydrogen-bond acceptors (Lipinski definition) is 3. The molecule has 0 aromatic heterocycles. The average molecular weight is 208 g/mol. The molecule has 0 aliphatic carbocycles. The maximum absolute atomic E-state index is 11.1. The molecule has 80 valence electrons. The minimum Gasteiger partial charge on any atom is -0.309 e. The Morgan fingerprint density at radius 2 is 1.69 bits per heavy atom. The number of sulfonamides is 1. The van der Waals surface area contributed by atoms with Gasteiger partial charge in [0.1, 0.15) is 0 Å². The van der Waals surface area contributed by atoms with Gasteiger partial charge in [-0.15, -0.1) is 0 Å². The van der Waals surface area contributed by atoms with Crippen LogP contribution in [0, 0.1) is 0 Å². The van der Waals surface area contributed by atoms with Crippen molar-refractivity contribution in [1.29, 1.82) is 0 Å². The van der Waals surface area contributed by atoms with Gasteiger partial charge in [-0.2, -0.15) is 0 Å². The molecule has 4 nitrogen and oxygen atoms in total. The molecule has 0 aromatic carbocycles. The van der Waals surface area contributed by atoms with Crippen LogP contribution >= 0.6 is 0 Å². The summed E-state index contributed by atoms with van der Waals surface area (Å²) in [6.07, 6.45) is 2.09. The van der Waals surface area contributed by atoms with Crippen molar-refractivity contribution in [2.75, 3.05) is 33.9 Å². The van der Waals surface area contributed by atoms with E-state index < -0.39 is 10.0 Å². The molecular weight excluding hydrogens is 188 g/mol. The van der Waals surface area contributed by atoms with Crippen LogP contribution in [0.5, 0.6) is 0 Å². The minimum absolute atomic E-state index is 0.0670. The zero-order valence-electron chi connectivity index (χ0n) is 9.11. The molecule has 0 aliphatic heterocycles. The molecule has 0 saturated heterocycles. The first-order valence-electron chi connectivity index (χ1n) is 4.33. The highest BCUT2D eigenvalue weighted by atomic mass is 32.2. The predicted octanol–water partition coefficient (Wildman–Crippen LogP) is 0.218. The fourth-order valence-electron chi connectivity index (χ4n) is 0.954. The van der Waals surface area contributed by atoms with Crippen LogP contribution in [-0.2, 0) is 10.0 Å². The lowest BCUT2D eigenvalue weighted by Gasteiger charge is -2.23. The fraction of sp³-hybridized carbons (Fsp3) is 1.00. The second kappa shape index (κ2) is 4.93. The van der Waals surface area contributed by atoms with Gasteiger partial charge in [-0.25, -0.2) is 12.7 Å². The van der Waals surface area contributed by atoms with Gasteiger partial charge in [0, 0.05) is 13.1 Å². The number of hydrogen-bond donors (Lipinski definition) is 0. The van der Waals surface area contributed by atoms with Crippen LogP contribution in [0.2, 0.25) is 0 Å². The van der Waals surface area contributed by atoms with E-state index in [0.29, 0.717) is 0 Å². The average Bonchev–Trinajstić information content (AvgIpc) is 1.96. The molecule has 0 amide bonds. The normalized spacial score (nSPS) is 15.3. The lowest BCUT2D eigenvalue weighted by atomic mass is 10.2. The highest BCUT2D eigenvalue weighted by Crippen LogP contribution is 2.05. The lowest BCUT2D eigenvalue weighted by Crippen LogP contribution is -2.36. The Morgan fingerprint density at radius 1 is 1.23 bits per heavy atom. The third kappa shape index (κ3) is 5.23. The van der Waals surface area contributed by atoms with Crippen molar-refractivity contribution in [3.63, 3.8) is 0 Å². The van der Waals surface area contributed by atoms with Crippen LogP contribution < -0.4 is 0 Å². The SMILES string of the molecule is CC(CCN(C)C)N(C)S(C)(=O)=O. The molecule has 1 unspecified atom stereocenters. The molecule has 0 aromatic rings. The van der Waals surface area contributed by atoms with Gasteiger partial charge in [0.25, 0.3) is 0 Å². The Bertz CT molecular complexity index is 237. The van der Waals surface area contributed by atoms with Crippen molar-refractivity contribution < 1.29 is 8.42 Å². The summed E-state index contributed by atoms with van der Waals surface area (Å²) in [5, 5.41) is 0.